The molecule has 3 nitrogen and oxygen atoms in total. The lowest BCUT2D eigenvalue weighted by Gasteiger charge is -2.13. The molecule has 1 aromatic heterocycles. The summed E-state index contributed by atoms with van der Waals surface area (Å²) in [5.74, 6) is 2.14. The van der Waals surface area contributed by atoms with Crippen LogP contribution in [0.1, 0.15) is 29.9 Å². The molecule has 0 saturated heterocycles. The molecule has 0 aliphatic carbocycles. The van der Waals surface area contributed by atoms with Crippen LogP contribution >= 0.6 is 11.3 Å². The maximum Gasteiger partial charge on any atom is 0.151 e. The summed E-state index contributed by atoms with van der Waals surface area (Å²) in [6.45, 7) is 2.45. The van der Waals surface area contributed by atoms with Crippen molar-refractivity contribution in [2.75, 3.05) is 0 Å². The maximum absolute atomic E-state index is 10.7. The van der Waals surface area contributed by atoms with Gasteiger partial charge in [0.05, 0.1) is 11.0 Å². The van der Waals surface area contributed by atoms with E-state index in [1.807, 2.05) is 91.9 Å². The van der Waals surface area contributed by atoms with Crippen LogP contribution in [0.15, 0.2) is 91.0 Å². The molecule has 0 aliphatic heterocycles. The number of hydrogen-bond acceptors (Lipinski definition) is 4. The molecule has 1 atom stereocenters. The topological polar surface area (TPSA) is 38.7 Å². The van der Waals surface area contributed by atoms with Gasteiger partial charge in [-0.05, 0) is 43.2 Å². The first kappa shape index (κ1) is 20.2. The second-order valence-corrected chi connectivity index (χ2v) is 8.05. The standard InChI is InChI=1S/C26H24O3S/c1-2-3-15-23(27)26-25(22-14-7-8-16-24(22)30-26)29-21-13-9-12-20(17-21)28-18-19-10-5-4-6-11-19/h2-14,16-17,23,27H,15,18H2,1H3. The highest BCUT2D eigenvalue weighted by atomic mass is 32.1. The predicted octanol–water partition coefficient (Wildman–Crippen LogP) is 7.27. The fraction of sp³-hybridized carbons (Fsp3) is 0.154. The molecule has 4 aromatic rings. The third kappa shape index (κ3) is 4.73. The maximum atomic E-state index is 10.7. The molecule has 0 fully saturated rings. The SMILES string of the molecule is CC=CCC(O)c1sc2ccccc2c1Oc1cccc(OCc2ccccc2)c1. The molecule has 1 N–H and O–H groups in total. The fourth-order valence-electron chi connectivity index (χ4n) is 3.22. The summed E-state index contributed by atoms with van der Waals surface area (Å²) in [5, 5.41) is 11.7. The van der Waals surface area contributed by atoms with Gasteiger partial charge >= 0.3 is 0 Å². The van der Waals surface area contributed by atoms with Crippen molar-refractivity contribution in [1.82, 2.24) is 0 Å². The van der Waals surface area contributed by atoms with Crippen molar-refractivity contribution in [3.05, 3.63) is 101 Å². The van der Waals surface area contributed by atoms with Gasteiger partial charge in [0.15, 0.2) is 5.75 Å². The third-order valence-electron chi connectivity index (χ3n) is 4.75. The predicted molar refractivity (Wildman–Crippen MR) is 124 cm³/mol. The smallest absolute Gasteiger partial charge is 0.151 e. The van der Waals surface area contributed by atoms with Crippen LogP contribution in [0.4, 0.5) is 0 Å². The second-order valence-electron chi connectivity index (χ2n) is 6.96. The van der Waals surface area contributed by atoms with Gasteiger partial charge in [-0.3, -0.25) is 0 Å². The minimum absolute atomic E-state index is 0.499. The Bertz CT molecular complexity index is 1130. The molecule has 0 amide bonds. The molecule has 152 valence electrons. The van der Waals surface area contributed by atoms with Crippen molar-refractivity contribution < 1.29 is 14.6 Å². The van der Waals surface area contributed by atoms with Crippen molar-refractivity contribution in [3.8, 4) is 17.2 Å². The summed E-state index contributed by atoms with van der Waals surface area (Å²) in [7, 11) is 0. The van der Waals surface area contributed by atoms with Crippen LogP contribution in [0.25, 0.3) is 10.1 Å². The third-order valence-corrected chi connectivity index (χ3v) is 6.00. The number of thiophene rings is 1. The van der Waals surface area contributed by atoms with Gasteiger partial charge in [-0.15, -0.1) is 11.3 Å². The number of allylic oxidation sites excluding steroid dienone is 1. The Morgan fingerprint density at radius 2 is 1.70 bits per heavy atom. The van der Waals surface area contributed by atoms with E-state index < -0.39 is 6.10 Å². The average molecular weight is 417 g/mol. The van der Waals surface area contributed by atoms with Gasteiger partial charge in [-0.2, -0.15) is 0 Å². The lowest BCUT2D eigenvalue weighted by Crippen LogP contribution is -1.97. The molecule has 0 bridgehead atoms. The number of fused-ring (bicyclic) bond motifs is 1. The first-order valence-corrected chi connectivity index (χ1v) is 10.8. The van der Waals surface area contributed by atoms with Crippen molar-refractivity contribution in [2.24, 2.45) is 0 Å². The zero-order chi connectivity index (χ0) is 20.8. The lowest BCUT2D eigenvalue weighted by atomic mass is 10.1. The lowest BCUT2D eigenvalue weighted by molar-refractivity contribution is 0.182. The van der Waals surface area contributed by atoms with Gasteiger partial charge in [0.1, 0.15) is 18.1 Å². The van der Waals surface area contributed by atoms with E-state index in [0.29, 0.717) is 24.5 Å². The molecule has 0 saturated carbocycles. The van der Waals surface area contributed by atoms with Gasteiger partial charge in [0.25, 0.3) is 0 Å². The normalized spacial score (nSPS) is 12.3. The van der Waals surface area contributed by atoms with Gasteiger partial charge in [0, 0.05) is 16.2 Å². The molecule has 3 aromatic carbocycles. The van der Waals surface area contributed by atoms with Crippen LogP contribution < -0.4 is 9.47 Å². The van der Waals surface area contributed by atoms with E-state index in [-0.39, 0.29) is 0 Å². The highest BCUT2D eigenvalue weighted by Gasteiger charge is 2.20. The molecule has 30 heavy (non-hydrogen) atoms. The summed E-state index contributed by atoms with van der Waals surface area (Å²) in [4.78, 5) is 0.838. The van der Waals surface area contributed by atoms with Crippen LogP contribution in [-0.2, 0) is 6.61 Å². The van der Waals surface area contributed by atoms with Gasteiger partial charge in [-0.1, -0.05) is 60.7 Å². The highest BCUT2D eigenvalue weighted by molar-refractivity contribution is 7.19. The van der Waals surface area contributed by atoms with E-state index in [4.69, 9.17) is 9.47 Å². The van der Waals surface area contributed by atoms with Crippen molar-refractivity contribution in [2.45, 2.75) is 26.1 Å². The molecule has 0 spiro atoms. The fourth-order valence-corrected chi connectivity index (χ4v) is 4.35. The Kier molecular flexibility index (Phi) is 6.47. The number of benzene rings is 3. The zero-order valence-corrected chi connectivity index (χ0v) is 17.6. The Balaban J connectivity index is 1.59. The zero-order valence-electron chi connectivity index (χ0n) is 16.8. The van der Waals surface area contributed by atoms with E-state index in [9.17, 15) is 5.11 Å². The number of hydrogen-bond donors (Lipinski definition) is 1. The average Bonchev–Trinajstić information content (AvgIpc) is 3.15. The Morgan fingerprint density at radius 1 is 0.933 bits per heavy atom. The number of ether oxygens (including phenoxy) is 2. The number of aliphatic hydroxyl groups is 1. The van der Waals surface area contributed by atoms with Crippen LogP contribution in [0.3, 0.4) is 0 Å². The van der Waals surface area contributed by atoms with E-state index in [1.165, 1.54) is 0 Å². The summed E-state index contributed by atoms with van der Waals surface area (Å²) < 4.78 is 13.3. The molecule has 4 rings (SSSR count). The van der Waals surface area contributed by atoms with E-state index >= 15 is 0 Å². The Labute approximate surface area is 180 Å². The minimum Gasteiger partial charge on any atom is -0.489 e. The van der Waals surface area contributed by atoms with E-state index in [1.54, 1.807) is 11.3 Å². The molecule has 0 radical (unpaired) electrons. The van der Waals surface area contributed by atoms with Crippen molar-refractivity contribution in [3.63, 3.8) is 0 Å². The van der Waals surface area contributed by atoms with Crippen LogP contribution in [0, 0.1) is 0 Å². The summed E-state index contributed by atoms with van der Waals surface area (Å²) in [6, 6.07) is 25.8. The Morgan fingerprint density at radius 3 is 2.53 bits per heavy atom. The molecular weight excluding hydrogens is 392 g/mol. The number of aliphatic hydroxyl groups excluding tert-OH is 1. The first-order valence-electron chi connectivity index (χ1n) is 10.00. The van der Waals surface area contributed by atoms with Crippen molar-refractivity contribution in [1.29, 1.82) is 0 Å². The van der Waals surface area contributed by atoms with E-state index in [0.717, 1.165) is 26.3 Å². The molecule has 1 unspecified atom stereocenters. The van der Waals surface area contributed by atoms with Crippen LogP contribution in [-0.4, -0.2) is 5.11 Å². The molecule has 0 aliphatic rings. The quantitative estimate of drug-likeness (QED) is 0.307. The minimum atomic E-state index is -0.605. The monoisotopic (exact) mass is 416 g/mol. The first-order chi connectivity index (χ1) is 14.7. The van der Waals surface area contributed by atoms with Crippen LogP contribution in [0.2, 0.25) is 0 Å². The summed E-state index contributed by atoms with van der Waals surface area (Å²) in [6.07, 6.45) is 3.87. The summed E-state index contributed by atoms with van der Waals surface area (Å²) >= 11 is 1.57. The number of rotatable bonds is 8. The highest BCUT2D eigenvalue weighted by Crippen LogP contribution is 2.44. The van der Waals surface area contributed by atoms with Gasteiger partial charge < -0.3 is 14.6 Å². The molecular formula is C26H24O3S. The summed E-state index contributed by atoms with van der Waals surface area (Å²) in [5.41, 5.74) is 1.11. The Hall–Kier alpha value is -3.08. The van der Waals surface area contributed by atoms with Crippen molar-refractivity contribution >= 4 is 21.4 Å². The molecule has 4 heteroatoms. The molecule has 1 heterocycles. The van der Waals surface area contributed by atoms with E-state index in [2.05, 4.69) is 6.07 Å². The second kappa shape index (κ2) is 9.61. The largest absolute Gasteiger partial charge is 0.489 e. The van der Waals surface area contributed by atoms with Gasteiger partial charge in [-0.25, -0.2) is 0 Å². The van der Waals surface area contributed by atoms with Crippen LogP contribution in [0.5, 0.6) is 17.2 Å². The van der Waals surface area contributed by atoms with Gasteiger partial charge in [0.2, 0.25) is 0 Å².